The molecule has 0 saturated heterocycles. The van der Waals surface area contributed by atoms with Gasteiger partial charge in [0.2, 0.25) is 10.0 Å². The number of carbonyl (C=O) groups excluding carboxylic acids is 1. The molecule has 0 spiro atoms. The molecule has 0 aliphatic rings. The monoisotopic (exact) mass is 534 g/mol. The highest BCUT2D eigenvalue weighted by molar-refractivity contribution is 7.92. The van der Waals surface area contributed by atoms with Crippen LogP contribution in [0.4, 0.5) is 5.69 Å². The quantitative estimate of drug-likeness (QED) is 0.339. The maximum Gasteiger partial charge on any atom is 0.253 e. The summed E-state index contributed by atoms with van der Waals surface area (Å²) in [6.07, 6.45) is 1.12. The lowest BCUT2D eigenvalue weighted by Crippen LogP contribution is -2.31. The zero-order chi connectivity index (χ0) is 23.6. The fourth-order valence-electron chi connectivity index (χ4n) is 3.78. The number of rotatable bonds is 7. The summed E-state index contributed by atoms with van der Waals surface area (Å²) in [6.45, 7) is 1.28. The third kappa shape index (κ3) is 6.61. The van der Waals surface area contributed by atoms with Crippen molar-refractivity contribution in [2.45, 2.75) is 0 Å². The van der Waals surface area contributed by atoms with E-state index in [0.29, 0.717) is 23.3 Å². The Labute approximate surface area is 217 Å². The van der Waals surface area contributed by atoms with Crippen LogP contribution in [0.15, 0.2) is 66.7 Å². The van der Waals surface area contributed by atoms with E-state index in [2.05, 4.69) is 10.0 Å². The molecule has 0 saturated carbocycles. The fraction of sp³-hybridized carbons (Fsp3) is 0.200. The Morgan fingerprint density at radius 3 is 2.14 bits per heavy atom. The lowest BCUT2D eigenvalue weighted by molar-refractivity contribution is 0.0952. The van der Waals surface area contributed by atoms with E-state index in [1.807, 2.05) is 67.5 Å². The van der Waals surface area contributed by atoms with Gasteiger partial charge in [0.15, 0.2) is 0 Å². The number of fused-ring (bicyclic) bond motifs is 3. The highest BCUT2D eigenvalue weighted by Gasteiger charge is 2.16. The molecule has 0 fully saturated rings. The van der Waals surface area contributed by atoms with Gasteiger partial charge in [-0.2, -0.15) is 0 Å². The minimum absolute atomic E-state index is 0. The molecular formula is C25H28Cl2N4O3S. The van der Waals surface area contributed by atoms with Gasteiger partial charge in [0.1, 0.15) is 0 Å². The summed E-state index contributed by atoms with van der Waals surface area (Å²) in [7, 11) is 0.559. The molecule has 4 aromatic rings. The van der Waals surface area contributed by atoms with Crippen LogP contribution in [0.2, 0.25) is 0 Å². The van der Waals surface area contributed by atoms with Crippen LogP contribution in [0.1, 0.15) is 10.4 Å². The van der Waals surface area contributed by atoms with Gasteiger partial charge in [-0.25, -0.2) is 13.4 Å². The topological polar surface area (TPSA) is 91.4 Å². The van der Waals surface area contributed by atoms with Crippen molar-refractivity contribution in [3.05, 3.63) is 72.3 Å². The van der Waals surface area contributed by atoms with Crippen LogP contribution < -0.4 is 10.0 Å². The predicted octanol–water partition coefficient (Wildman–Crippen LogP) is 4.56. The number of nitrogens with one attached hydrogen (secondary N) is 2. The number of carbonyl (C=O) groups is 1. The summed E-state index contributed by atoms with van der Waals surface area (Å²) >= 11 is 0. The first-order valence-corrected chi connectivity index (χ1v) is 12.4. The number of likely N-dealkylation sites (N-methyl/N-ethyl adjacent to an activating group) is 1. The first-order chi connectivity index (χ1) is 15.7. The molecule has 1 heterocycles. The Morgan fingerprint density at radius 2 is 1.51 bits per heavy atom. The van der Waals surface area contributed by atoms with E-state index in [9.17, 15) is 13.2 Å². The fourth-order valence-corrected chi connectivity index (χ4v) is 4.34. The van der Waals surface area contributed by atoms with Crippen molar-refractivity contribution in [2.24, 2.45) is 0 Å². The number of anilines is 1. The summed E-state index contributed by atoms with van der Waals surface area (Å²) in [6, 6.07) is 20.7. The Bertz CT molecular complexity index is 1440. The molecule has 10 heteroatoms. The van der Waals surface area contributed by atoms with Crippen molar-refractivity contribution in [1.82, 2.24) is 15.2 Å². The minimum Gasteiger partial charge on any atom is -0.351 e. The number of para-hydroxylation sites is 1. The van der Waals surface area contributed by atoms with E-state index in [0.717, 1.165) is 40.2 Å². The molecule has 0 radical (unpaired) electrons. The van der Waals surface area contributed by atoms with Gasteiger partial charge < -0.3 is 10.2 Å². The summed E-state index contributed by atoms with van der Waals surface area (Å²) in [5.74, 6) is -0.163. The number of aromatic nitrogens is 1. The number of hydrogen-bond donors (Lipinski definition) is 2. The zero-order valence-corrected chi connectivity index (χ0v) is 22.1. The van der Waals surface area contributed by atoms with Crippen LogP contribution >= 0.6 is 24.8 Å². The second kappa shape index (κ2) is 11.7. The van der Waals surface area contributed by atoms with Gasteiger partial charge in [0.05, 0.1) is 23.0 Å². The number of amides is 1. The average Bonchev–Trinajstić information content (AvgIpc) is 2.77. The van der Waals surface area contributed by atoms with E-state index in [4.69, 9.17) is 4.98 Å². The van der Waals surface area contributed by atoms with Gasteiger partial charge in [-0.3, -0.25) is 9.52 Å². The molecule has 1 aromatic heterocycles. The molecule has 0 unspecified atom stereocenters. The highest BCUT2D eigenvalue weighted by Crippen LogP contribution is 2.34. The van der Waals surface area contributed by atoms with Gasteiger partial charge in [-0.1, -0.05) is 48.5 Å². The average molecular weight is 535 g/mol. The second-order valence-corrected chi connectivity index (χ2v) is 9.97. The largest absolute Gasteiger partial charge is 0.351 e. The molecular weight excluding hydrogens is 507 g/mol. The smallest absolute Gasteiger partial charge is 0.253 e. The second-order valence-electron chi connectivity index (χ2n) is 8.22. The Balaban J connectivity index is 0.00000216. The number of sulfonamides is 1. The van der Waals surface area contributed by atoms with Crippen molar-refractivity contribution in [1.29, 1.82) is 0 Å². The van der Waals surface area contributed by atoms with Gasteiger partial charge in [0, 0.05) is 35.1 Å². The van der Waals surface area contributed by atoms with Crippen molar-refractivity contribution < 1.29 is 13.2 Å². The third-order valence-electron chi connectivity index (χ3n) is 5.28. The maximum atomic E-state index is 13.0. The number of pyridine rings is 1. The van der Waals surface area contributed by atoms with Crippen molar-refractivity contribution in [3.8, 4) is 11.3 Å². The Morgan fingerprint density at radius 1 is 0.886 bits per heavy atom. The van der Waals surface area contributed by atoms with Crippen LogP contribution in [0, 0.1) is 0 Å². The minimum atomic E-state index is -3.36. The SMILES string of the molecule is CN(C)CCNC(=O)c1cccc2c1nc(-c1ccc(NS(C)(=O)=O)cc1)c1ccccc12.Cl.Cl. The molecule has 0 atom stereocenters. The summed E-state index contributed by atoms with van der Waals surface area (Å²) in [5, 5.41) is 5.84. The normalized spacial score (nSPS) is 11.1. The third-order valence-corrected chi connectivity index (χ3v) is 5.89. The van der Waals surface area contributed by atoms with Gasteiger partial charge in [-0.15, -0.1) is 24.8 Å². The van der Waals surface area contributed by atoms with Crippen LogP contribution in [0.25, 0.3) is 32.9 Å². The van der Waals surface area contributed by atoms with E-state index < -0.39 is 10.0 Å². The standard InChI is InChI=1S/C25H26N4O3S.2ClH/c1-29(2)16-15-26-25(30)22-10-6-9-21-19-7-4-5-8-20(19)23(27-24(21)22)17-11-13-18(14-12-17)28-33(3,31)32;;/h4-14,28H,15-16H2,1-3H3,(H,26,30);2*1H. The molecule has 2 N–H and O–H groups in total. The van der Waals surface area contributed by atoms with Gasteiger partial charge in [0.25, 0.3) is 5.91 Å². The lowest BCUT2D eigenvalue weighted by Gasteiger charge is -2.14. The van der Waals surface area contributed by atoms with Crippen molar-refractivity contribution in [3.63, 3.8) is 0 Å². The van der Waals surface area contributed by atoms with Crippen LogP contribution in [-0.4, -0.2) is 57.6 Å². The molecule has 35 heavy (non-hydrogen) atoms. The predicted molar refractivity (Wildman–Crippen MR) is 149 cm³/mol. The van der Waals surface area contributed by atoms with E-state index >= 15 is 0 Å². The van der Waals surface area contributed by atoms with E-state index in [-0.39, 0.29) is 30.7 Å². The molecule has 0 aliphatic carbocycles. The Kier molecular flexibility index (Phi) is 9.45. The van der Waals surface area contributed by atoms with Crippen LogP contribution in [-0.2, 0) is 10.0 Å². The maximum absolute atomic E-state index is 13.0. The van der Waals surface area contributed by atoms with Crippen molar-refractivity contribution in [2.75, 3.05) is 38.2 Å². The summed E-state index contributed by atoms with van der Waals surface area (Å²) in [4.78, 5) is 19.9. The first kappa shape index (κ1) is 28.3. The van der Waals surface area contributed by atoms with Crippen LogP contribution in [0.5, 0.6) is 0 Å². The number of nitrogens with zero attached hydrogens (tertiary/aromatic N) is 2. The van der Waals surface area contributed by atoms with Gasteiger partial charge in [-0.05, 0) is 37.7 Å². The number of benzene rings is 3. The highest BCUT2D eigenvalue weighted by atomic mass is 35.5. The molecule has 1 amide bonds. The Hall–Kier alpha value is -2.91. The molecule has 3 aromatic carbocycles. The molecule has 186 valence electrons. The van der Waals surface area contributed by atoms with Crippen LogP contribution in [0.3, 0.4) is 0 Å². The van der Waals surface area contributed by atoms with Crippen molar-refractivity contribution >= 4 is 68.1 Å². The van der Waals surface area contributed by atoms with E-state index in [1.54, 1.807) is 18.2 Å². The summed E-state index contributed by atoms with van der Waals surface area (Å²) < 4.78 is 25.5. The first-order valence-electron chi connectivity index (χ1n) is 10.6. The molecule has 4 rings (SSSR count). The van der Waals surface area contributed by atoms with E-state index in [1.165, 1.54) is 0 Å². The zero-order valence-electron chi connectivity index (χ0n) is 19.6. The number of halogens is 2. The van der Waals surface area contributed by atoms with Gasteiger partial charge >= 0.3 is 0 Å². The molecule has 0 aliphatic heterocycles. The molecule has 7 nitrogen and oxygen atoms in total. The summed E-state index contributed by atoms with van der Waals surface area (Å²) in [5.41, 5.74) is 3.19. The number of hydrogen-bond acceptors (Lipinski definition) is 5. The molecule has 0 bridgehead atoms. The lowest BCUT2D eigenvalue weighted by atomic mass is 9.98.